The molecular weight excluding hydrogens is 423 g/mol. The van der Waals surface area contributed by atoms with Crippen LogP contribution in [0.25, 0.3) is 5.69 Å². The van der Waals surface area contributed by atoms with Gasteiger partial charge in [0, 0.05) is 30.7 Å². The average molecular weight is 451 g/mol. The summed E-state index contributed by atoms with van der Waals surface area (Å²) in [4.78, 5) is 6.86. The van der Waals surface area contributed by atoms with Gasteiger partial charge in [-0.3, -0.25) is 4.98 Å². The van der Waals surface area contributed by atoms with E-state index in [1.165, 1.54) is 6.07 Å². The van der Waals surface area contributed by atoms with Crippen molar-refractivity contribution in [3.8, 4) is 5.69 Å². The van der Waals surface area contributed by atoms with Crippen LogP contribution < -0.4 is 5.32 Å². The first kappa shape index (κ1) is 21.1. The van der Waals surface area contributed by atoms with E-state index in [1.807, 2.05) is 48.0 Å². The summed E-state index contributed by atoms with van der Waals surface area (Å²) >= 11 is 5.79. The molecule has 0 spiro atoms. The van der Waals surface area contributed by atoms with Gasteiger partial charge in [-0.05, 0) is 74.8 Å². The van der Waals surface area contributed by atoms with Gasteiger partial charge in [-0.25, -0.2) is 4.39 Å². The normalized spacial score (nSPS) is 23.0. The van der Waals surface area contributed by atoms with Gasteiger partial charge in [-0.15, -0.1) is 0 Å². The van der Waals surface area contributed by atoms with Crippen molar-refractivity contribution in [2.75, 3.05) is 13.2 Å². The summed E-state index contributed by atoms with van der Waals surface area (Å²) in [5, 5.41) is 4.21. The van der Waals surface area contributed by atoms with E-state index in [2.05, 4.69) is 28.2 Å². The first-order chi connectivity index (χ1) is 15.5. The number of aromatic nitrogens is 2. The number of hydrogen-bond donors (Lipinski definition) is 1. The summed E-state index contributed by atoms with van der Waals surface area (Å²) < 4.78 is 22.6. The Kier molecular flexibility index (Phi) is 5.69. The number of para-hydroxylation sites is 1. The maximum Gasteiger partial charge on any atom is 0.170 e. The summed E-state index contributed by atoms with van der Waals surface area (Å²) in [6.07, 6.45) is 4.08. The Bertz CT molecular complexity index is 1130. The first-order valence-electron chi connectivity index (χ1n) is 11.1. The Hall–Kier alpha value is -2.77. The van der Waals surface area contributed by atoms with E-state index in [0.29, 0.717) is 10.8 Å². The molecule has 0 radical (unpaired) electrons. The Morgan fingerprint density at radius 2 is 2.00 bits per heavy atom. The second kappa shape index (κ2) is 8.64. The smallest absolute Gasteiger partial charge is 0.170 e. The third kappa shape index (κ3) is 3.69. The van der Waals surface area contributed by atoms with Gasteiger partial charge in [0.25, 0.3) is 0 Å². The minimum Gasteiger partial charge on any atom is -0.376 e. The minimum absolute atomic E-state index is 0.0617. The Morgan fingerprint density at radius 1 is 1.19 bits per heavy atom. The van der Waals surface area contributed by atoms with Gasteiger partial charge in [0.2, 0.25) is 0 Å². The average Bonchev–Trinajstić information content (AvgIpc) is 3.49. The van der Waals surface area contributed by atoms with Crippen molar-refractivity contribution in [1.29, 1.82) is 0 Å². The lowest BCUT2D eigenvalue weighted by atomic mass is 9.96. The number of aryl methyl sites for hydroxylation is 1. The molecule has 0 amide bonds. The number of thiocarbonyl (C=S) groups is 1. The fourth-order valence-corrected chi connectivity index (χ4v) is 5.35. The second-order valence-corrected chi connectivity index (χ2v) is 8.91. The highest BCUT2D eigenvalue weighted by Gasteiger charge is 2.42. The minimum atomic E-state index is -0.238. The molecule has 0 saturated carbocycles. The molecule has 0 bridgehead atoms. The van der Waals surface area contributed by atoms with Gasteiger partial charge in [0.1, 0.15) is 5.82 Å². The zero-order valence-electron chi connectivity index (χ0n) is 18.3. The zero-order chi connectivity index (χ0) is 22.2. The third-order valence-electron chi connectivity index (χ3n) is 6.50. The molecule has 2 fully saturated rings. The van der Waals surface area contributed by atoms with Crippen LogP contribution in [-0.4, -0.2) is 38.8 Å². The van der Waals surface area contributed by atoms with Crippen LogP contribution in [0.15, 0.2) is 54.7 Å². The SMILES string of the molecule is Cc1cc([C@@H]2[C@H](c3ccccn3)NC(=S)N2C[C@@H]2CCCO2)c(C)n1-c1ccccc1F. The van der Waals surface area contributed by atoms with Crippen molar-refractivity contribution in [2.24, 2.45) is 0 Å². The van der Waals surface area contributed by atoms with Crippen molar-refractivity contribution < 1.29 is 9.13 Å². The van der Waals surface area contributed by atoms with Gasteiger partial charge < -0.3 is 19.5 Å². The number of nitrogens with zero attached hydrogens (tertiary/aromatic N) is 3. The zero-order valence-corrected chi connectivity index (χ0v) is 19.1. The number of hydrogen-bond acceptors (Lipinski definition) is 3. The van der Waals surface area contributed by atoms with E-state index < -0.39 is 0 Å². The molecule has 32 heavy (non-hydrogen) atoms. The molecule has 4 heterocycles. The number of nitrogens with one attached hydrogen (secondary N) is 1. The summed E-state index contributed by atoms with van der Waals surface area (Å²) in [6.45, 7) is 5.59. The van der Waals surface area contributed by atoms with E-state index in [0.717, 1.165) is 48.6 Å². The molecule has 1 N–H and O–H groups in total. The molecule has 7 heteroatoms. The molecule has 5 rings (SSSR count). The molecule has 2 saturated heterocycles. The first-order valence-corrected chi connectivity index (χ1v) is 11.5. The highest BCUT2D eigenvalue weighted by Crippen LogP contribution is 2.42. The van der Waals surface area contributed by atoms with Crippen molar-refractivity contribution >= 4 is 17.3 Å². The number of ether oxygens (including phenoxy) is 1. The number of pyridine rings is 1. The van der Waals surface area contributed by atoms with Crippen LogP contribution in [0, 0.1) is 19.7 Å². The number of benzene rings is 1. The molecule has 2 aliphatic heterocycles. The molecule has 1 aromatic carbocycles. The third-order valence-corrected chi connectivity index (χ3v) is 6.86. The molecule has 3 aromatic rings. The van der Waals surface area contributed by atoms with Gasteiger partial charge in [0.05, 0.1) is 29.6 Å². The quantitative estimate of drug-likeness (QED) is 0.567. The highest BCUT2D eigenvalue weighted by molar-refractivity contribution is 7.80. The van der Waals surface area contributed by atoms with Crippen LogP contribution in [0.3, 0.4) is 0 Å². The van der Waals surface area contributed by atoms with E-state index >= 15 is 0 Å². The van der Waals surface area contributed by atoms with Crippen LogP contribution in [0.2, 0.25) is 0 Å². The number of halogens is 1. The maximum atomic E-state index is 14.7. The molecule has 166 valence electrons. The lowest BCUT2D eigenvalue weighted by molar-refractivity contribution is 0.0842. The standard InChI is InChI=1S/C25H27FN4OS/c1-16-14-19(17(2)30(16)22-11-4-3-9-20(22)26)24-23(21-10-5-6-12-27-21)28-25(32)29(24)15-18-8-7-13-31-18/h3-6,9-12,14,18,23-24H,7-8,13,15H2,1-2H3,(H,28,32)/t18-,23-,24+/m0/s1. The van der Waals surface area contributed by atoms with E-state index in [9.17, 15) is 4.39 Å². The van der Waals surface area contributed by atoms with Gasteiger partial charge in [-0.1, -0.05) is 18.2 Å². The lowest BCUT2D eigenvalue weighted by Crippen LogP contribution is -2.36. The van der Waals surface area contributed by atoms with E-state index in [1.54, 1.807) is 6.07 Å². The molecular formula is C25H27FN4OS. The monoisotopic (exact) mass is 450 g/mol. The van der Waals surface area contributed by atoms with E-state index in [4.69, 9.17) is 17.0 Å². The highest BCUT2D eigenvalue weighted by atomic mass is 32.1. The molecule has 2 aliphatic rings. The molecule has 0 unspecified atom stereocenters. The maximum absolute atomic E-state index is 14.7. The molecule has 0 aliphatic carbocycles. The van der Waals surface area contributed by atoms with Gasteiger partial charge >= 0.3 is 0 Å². The summed E-state index contributed by atoms with van der Waals surface area (Å²) in [5.74, 6) is -0.238. The Morgan fingerprint density at radius 3 is 2.72 bits per heavy atom. The van der Waals surface area contributed by atoms with Gasteiger partial charge in [0.15, 0.2) is 5.11 Å². The second-order valence-electron chi connectivity index (χ2n) is 8.53. The van der Waals surface area contributed by atoms with Crippen molar-refractivity contribution in [1.82, 2.24) is 19.8 Å². The van der Waals surface area contributed by atoms with E-state index in [-0.39, 0.29) is 24.0 Å². The Balaban J connectivity index is 1.60. The van der Waals surface area contributed by atoms with Crippen LogP contribution in [-0.2, 0) is 4.74 Å². The topological polar surface area (TPSA) is 42.3 Å². The summed E-state index contributed by atoms with van der Waals surface area (Å²) in [6, 6.07) is 14.8. The lowest BCUT2D eigenvalue weighted by Gasteiger charge is -2.30. The van der Waals surface area contributed by atoms with Crippen LogP contribution in [0.1, 0.15) is 47.6 Å². The van der Waals surface area contributed by atoms with Crippen molar-refractivity contribution in [2.45, 2.75) is 44.9 Å². The fraction of sp³-hybridized carbons (Fsp3) is 0.360. The van der Waals surface area contributed by atoms with Crippen LogP contribution in [0.4, 0.5) is 4.39 Å². The van der Waals surface area contributed by atoms with Crippen LogP contribution in [0.5, 0.6) is 0 Å². The van der Waals surface area contributed by atoms with Gasteiger partial charge in [-0.2, -0.15) is 0 Å². The molecule has 2 aromatic heterocycles. The van der Waals surface area contributed by atoms with Crippen LogP contribution >= 0.6 is 12.2 Å². The summed E-state index contributed by atoms with van der Waals surface area (Å²) in [5.41, 5.74) is 4.60. The molecule has 5 nitrogen and oxygen atoms in total. The largest absolute Gasteiger partial charge is 0.376 e. The summed E-state index contributed by atoms with van der Waals surface area (Å²) in [7, 11) is 0. The predicted octanol–water partition coefficient (Wildman–Crippen LogP) is 4.78. The Labute approximate surface area is 193 Å². The molecule has 3 atom stereocenters. The number of rotatable bonds is 5. The fourth-order valence-electron chi connectivity index (χ4n) is 5.04. The predicted molar refractivity (Wildman–Crippen MR) is 126 cm³/mol. The van der Waals surface area contributed by atoms with Crippen molar-refractivity contribution in [3.63, 3.8) is 0 Å². The van der Waals surface area contributed by atoms with Crippen molar-refractivity contribution in [3.05, 3.63) is 83.2 Å².